The zero-order valence-electron chi connectivity index (χ0n) is 9.55. The minimum atomic E-state index is 0.659. The summed E-state index contributed by atoms with van der Waals surface area (Å²) in [7, 11) is 2.01. The third kappa shape index (κ3) is 4.94. The number of piperidine rings is 1. The average molecular weight is 198 g/mol. The van der Waals surface area contributed by atoms with Crippen LogP contribution in [0, 0.1) is 0 Å². The van der Waals surface area contributed by atoms with E-state index >= 15 is 0 Å². The summed E-state index contributed by atoms with van der Waals surface area (Å²) in [4.78, 5) is 0. The second-order valence-electron chi connectivity index (χ2n) is 4.26. The lowest BCUT2D eigenvalue weighted by Gasteiger charge is -2.26. The van der Waals surface area contributed by atoms with Gasteiger partial charge < -0.3 is 10.6 Å². The number of rotatable bonds is 6. The van der Waals surface area contributed by atoms with Gasteiger partial charge in [0, 0.05) is 25.2 Å². The zero-order chi connectivity index (χ0) is 10.2. The number of nitrogens with one attached hydrogen (secondary N) is 2. The van der Waals surface area contributed by atoms with Crippen LogP contribution >= 0.6 is 0 Å². The van der Waals surface area contributed by atoms with E-state index in [0.717, 1.165) is 25.7 Å². The molecular weight excluding hydrogens is 174 g/mol. The Morgan fingerprint density at radius 2 is 2.07 bits per heavy atom. The van der Waals surface area contributed by atoms with Gasteiger partial charge in [0.05, 0.1) is 0 Å². The van der Waals surface area contributed by atoms with Gasteiger partial charge in [-0.2, -0.15) is 0 Å². The molecule has 1 aliphatic heterocycles. The molecule has 0 aliphatic carbocycles. The molecule has 3 nitrogen and oxygen atoms in total. The maximum atomic E-state index is 4.36. The van der Waals surface area contributed by atoms with E-state index in [0.29, 0.717) is 6.04 Å². The van der Waals surface area contributed by atoms with Gasteiger partial charge >= 0.3 is 0 Å². The third-order valence-corrected chi connectivity index (χ3v) is 2.86. The second-order valence-corrected chi connectivity index (χ2v) is 4.26. The predicted molar refractivity (Wildman–Crippen MR) is 60.6 cm³/mol. The van der Waals surface area contributed by atoms with Crippen LogP contribution in [0.4, 0.5) is 0 Å². The minimum Gasteiger partial charge on any atom is -0.320 e. The SMILES string of the molecule is CNCCCC(C)NC1CC[N]CC1. The topological polar surface area (TPSA) is 38.2 Å². The minimum absolute atomic E-state index is 0.659. The van der Waals surface area contributed by atoms with Gasteiger partial charge in [0.1, 0.15) is 0 Å². The van der Waals surface area contributed by atoms with Gasteiger partial charge in [-0.15, -0.1) is 0 Å². The molecule has 1 unspecified atom stereocenters. The molecule has 0 amide bonds. The van der Waals surface area contributed by atoms with Crippen LogP contribution in [0.2, 0.25) is 0 Å². The van der Waals surface area contributed by atoms with Crippen molar-refractivity contribution in [2.75, 3.05) is 26.7 Å². The molecule has 83 valence electrons. The molecule has 14 heavy (non-hydrogen) atoms. The Bertz CT molecular complexity index is 132. The summed E-state index contributed by atoms with van der Waals surface area (Å²) in [6.45, 7) is 5.54. The van der Waals surface area contributed by atoms with Gasteiger partial charge in [0.15, 0.2) is 0 Å². The van der Waals surface area contributed by atoms with E-state index in [-0.39, 0.29) is 0 Å². The molecule has 1 atom stereocenters. The summed E-state index contributed by atoms with van der Waals surface area (Å²) in [5.74, 6) is 0. The molecule has 0 spiro atoms. The Labute approximate surface area is 88.0 Å². The first-order chi connectivity index (χ1) is 6.83. The standard InChI is InChI=1S/C11H24N3/c1-10(4-3-7-12-2)14-11-5-8-13-9-6-11/h10-12,14H,3-9H2,1-2H3. The maximum Gasteiger partial charge on any atom is 0.0148 e. The lowest BCUT2D eigenvalue weighted by Crippen LogP contribution is -2.42. The van der Waals surface area contributed by atoms with E-state index in [1.54, 1.807) is 0 Å². The molecule has 1 heterocycles. The Hall–Kier alpha value is -0.120. The first kappa shape index (κ1) is 12.0. The van der Waals surface area contributed by atoms with Crippen molar-refractivity contribution in [1.82, 2.24) is 16.0 Å². The van der Waals surface area contributed by atoms with Crippen LogP contribution in [-0.2, 0) is 0 Å². The lowest BCUT2D eigenvalue weighted by molar-refractivity contribution is 0.342. The Kier molecular flexibility index (Phi) is 6.15. The zero-order valence-corrected chi connectivity index (χ0v) is 9.55. The highest BCUT2D eigenvalue weighted by molar-refractivity contribution is 4.76. The average Bonchev–Trinajstić information content (AvgIpc) is 2.20. The first-order valence-corrected chi connectivity index (χ1v) is 5.87. The van der Waals surface area contributed by atoms with Crippen molar-refractivity contribution in [3.63, 3.8) is 0 Å². The summed E-state index contributed by atoms with van der Waals surface area (Å²) in [6, 6.07) is 1.38. The normalized spacial score (nSPS) is 21.0. The van der Waals surface area contributed by atoms with Gasteiger partial charge in [-0.1, -0.05) is 0 Å². The summed E-state index contributed by atoms with van der Waals surface area (Å²) < 4.78 is 0. The Morgan fingerprint density at radius 3 is 2.71 bits per heavy atom. The van der Waals surface area contributed by atoms with E-state index in [1.807, 2.05) is 7.05 Å². The van der Waals surface area contributed by atoms with Crippen molar-refractivity contribution in [3.05, 3.63) is 0 Å². The summed E-state index contributed by atoms with van der Waals surface area (Å²) in [6.07, 6.45) is 5.00. The molecule has 1 rings (SSSR count). The quantitative estimate of drug-likeness (QED) is 0.618. The highest BCUT2D eigenvalue weighted by atomic mass is 15.0. The largest absolute Gasteiger partial charge is 0.320 e. The van der Waals surface area contributed by atoms with Crippen LogP contribution in [0.25, 0.3) is 0 Å². The molecule has 1 radical (unpaired) electrons. The van der Waals surface area contributed by atoms with Crippen LogP contribution in [-0.4, -0.2) is 38.8 Å². The van der Waals surface area contributed by atoms with Crippen molar-refractivity contribution in [3.8, 4) is 0 Å². The fraction of sp³-hybridized carbons (Fsp3) is 1.00. The Balaban J connectivity index is 2.03. The summed E-state index contributed by atoms with van der Waals surface area (Å²) in [5.41, 5.74) is 0. The predicted octanol–water partition coefficient (Wildman–Crippen LogP) is 0.731. The van der Waals surface area contributed by atoms with Crippen molar-refractivity contribution in [2.24, 2.45) is 0 Å². The molecule has 0 bridgehead atoms. The van der Waals surface area contributed by atoms with E-state index < -0.39 is 0 Å². The van der Waals surface area contributed by atoms with Gasteiger partial charge in [0.25, 0.3) is 0 Å². The van der Waals surface area contributed by atoms with Crippen LogP contribution in [0.3, 0.4) is 0 Å². The molecule has 0 aromatic rings. The van der Waals surface area contributed by atoms with Gasteiger partial charge in [0.2, 0.25) is 0 Å². The molecule has 2 N–H and O–H groups in total. The summed E-state index contributed by atoms with van der Waals surface area (Å²) >= 11 is 0. The van der Waals surface area contributed by atoms with Crippen LogP contribution < -0.4 is 16.0 Å². The van der Waals surface area contributed by atoms with E-state index in [9.17, 15) is 0 Å². The maximum absolute atomic E-state index is 4.36. The first-order valence-electron chi connectivity index (χ1n) is 5.87. The third-order valence-electron chi connectivity index (χ3n) is 2.86. The molecule has 0 saturated carbocycles. The van der Waals surface area contributed by atoms with Crippen molar-refractivity contribution in [1.29, 1.82) is 0 Å². The number of hydrogen-bond donors (Lipinski definition) is 2. The fourth-order valence-corrected chi connectivity index (χ4v) is 1.99. The fourth-order valence-electron chi connectivity index (χ4n) is 1.99. The van der Waals surface area contributed by atoms with E-state index in [2.05, 4.69) is 22.9 Å². The van der Waals surface area contributed by atoms with Crippen molar-refractivity contribution >= 4 is 0 Å². The molecule has 1 aliphatic rings. The second kappa shape index (κ2) is 7.21. The highest BCUT2D eigenvalue weighted by Gasteiger charge is 2.14. The van der Waals surface area contributed by atoms with E-state index in [1.165, 1.54) is 25.7 Å². The molecule has 1 saturated heterocycles. The van der Waals surface area contributed by atoms with Crippen molar-refractivity contribution in [2.45, 2.75) is 44.7 Å². The van der Waals surface area contributed by atoms with Gasteiger partial charge in [-0.25, -0.2) is 5.32 Å². The van der Waals surface area contributed by atoms with Crippen molar-refractivity contribution < 1.29 is 0 Å². The smallest absolute Gasteiger partial charge is 0.0148 e. The van der Waals surface area contributed by atoms with Crippen LogP contribution in [0.1, 0.15) is 32.6 Å². The molecule has 0 aromatic carbocycles. The summed E-state index contributed by atoms with van der Waals surface area (Å²) in [5, 5.41) is 11.2. The van der Waals surface area contributed by atoms with E-state index in [4.69, 9.17) is 0 Å². The number of hydrogen-bond acceptors (Lipinski definition) is 2. The molecule has 1 fully saturated rings. The van der Waals surface area contributed by atoms with Gasteiger partial charge in [-0.3, -0.25) is 0 Å². The lowest BCUT2D eigenvalue weighted by atomic mass is 10.0. The Morgan fingerprint density at radius 1 is 1.36 bits per heavy atom. The van der Waals surface area contributed by atoms with Gasteiger partial charge in [-0.05, 0) is 46.2 Å². The van der Waals surface area contributed by atoms with Crippen LogP contribution in [0.5, 0.6) is 0 Å². The molecular formula is C11H24N3. The molecule has 3 heteroatoms. The number of nitrogens with zero attached hydrogens (tertiary/aromatic N) is 1. The van der Waals surface area contributed by atoms with Crippen LogP contribution in [0.15, 0.2) is 0 Å². The highest BCUT2D eigenvalue weighted by Crippen LogP contribution is 2.06. The monoisotopic (exact) mass is 198 g/mol. The molecule has 0 aromatic heterocycles.